The minimum absolute atomic E-state index is 0.0453. The van der Waals surface area contributed by atoms with Crippen molar-refractivity contribution in [1.29, 1.82) is 0 Å². The third kappa shape index (κ3) is 5.30. The second kappa shape index (κ2) is 7.77. The third-order valence-electron chi connectivity index (χ3n) is 3.43. The number of hydrogen-bond donors (Lipinski definition) is 2. The van der Waals surface area contributed by atoms with Crippen molar-refractivity contribution in [3.8, 4) is 0 Å². The topological polar surface area (TPSA) is 58.4 Å². The lowest BCUT2D eigenvalue weighted by Crippen LogP contribution is -2.38. The number of nitrogens with one attached hydrogen (secondary N) is 1. The maximum absolute atomic E-state index is 12.0. The number of thioether (sulfide) groups is 1. The lowest BCUT2D eigenvalue weighted by atomic mass is 10.2. The Morgan fingerprint density at radius 1 is 1.48 bits per heavy atom. The summed E-state index contributed by atoms with van der Waals surface area (Å²) < 4.78 is 0. The van der Waals surface area contributed by atoms with Gasteiger partial charge in [-0.25, -0.2) is 0 Å². The van der Waals surface area contributed by atoms with E-state index < -0.39 is 0 Å². The Morgan fingerprint density at radius 2 is 2.19 bits per heavy atom. The molecule has 1 aromatic rings. The summed E-state index contributed by atoms with van der Waals surface area (Å²) in [5.41, 5.74) is 7.13. The second-order valence-electron chi connectivity index (χ2n) is 5.22. The molecule has 1 saturated heterocycles. The number of thiocarbonyl (C=S) groups is 1. The summed E-state index contributed by atoms with van der Waals surface area (Å²) in [4.78, 5) is 14.7. The molecule has 1 amide bonds. The molecule has 1 unspecified atom stereocenters. The summed E-state index contributed by atoms with van der Waals surface area (Å²) in [7, 11) is 0. The van der Waals surface area contributed by atoms with E-state index in [1.54, 1.807) is 0 Å². The Bertz CT molecular complexity index is 504. The van der Waals surface area contributed by atoms with Crippen LogP contribution in [0.2, 0.25) is 0 Å². The quantitative estimate of drug-likeness (QED) is 0.813. The summed E-state index contributed by atoms with van der Waals surface area (Å²) in [6, 6.07) is 7.29. The number of anilines is 1. The minimum Gasteiger partial charge on any atom is -0.389 e. The largest absolute Gasteiger partial charge is 0.389 e. The van der Waals surface area contributed by atoms with E-state index in [2.05, 4.69) is 17.1 Å². The standard InChI is InChI=1S/C15H21N3OS2/c1-11-10-18(8-9-21-11)7-6-14(19)17-13-4-2-12(3-5-13)15(16)20/h2-5,11H,6-10H2,1H3,(H2,16,20)(H,17,19). The minimum atomic E-state index is 0.0453. The van der Waals surface area contributed by atoms with Gasteiger partial charge in [-0.1, -0.05) is 19.1 Å². The van der Waals surface area contributed by atoms with Crippen LogP contribution in [0.5, 0.6) is 0 Å². The number of carbonyl (C=O) groups is 1. The normalized spacial score (nSPS) is 19.2. The number of benzene rings is 1. The van der Waals surface area contributed by atoms with Gasteiger partial charge in [-0.3, -0.25) is 4.79 Å². The van der Waals surface area contributed by atoms with Crippen molar-refractivity contribution in [2.45, 2.75) is 18.6 Å². The molecule has 1 aliphatic heterocycles. The summed E-state index contributed by atoms with van der Waals surface area (Å²) in [6.45, 7) is 5.20. The highest BCUT2D eigenvalue weighted by molar-refractivity contribution is 7.99. The maximum Gasteiger partial charge on any atom is 0.225 e. The Labute approximate surface area is 135 Å². The van der Waals surface area contributed by atoms with Crippen LogP contribution in [0.3, 0.4) is 0 Å². The molecule has 114 valence electrons. The molecular weight excluding hydrogens is 302 g/mol. The number of hydrogen-bond acceptors (Lipinski definition) is 4. The first-order chi connectivity index (χ1) is 10.0. The Morgan fingerprint density at radius 3 is 2.81 bits per heavy atom. The lowest BCUT2D eigenvalue weighted by Gasteiger charge is -2.30. The fraction of sp³-hybridized carbons (Fsp3) is 0.467. The molecule has 1 aromatic carbocycles. The van der Waals surface area contributed by atoms with Crippen molar-refractivity contribution in [3.63, 3.8) is 0 Å². The Hall–Kier alpha value is -1.11. The van der Waals surface area contributed by atoms with Crippen LogP contribution in [0.15, 0.2) is 24.3 Å². The van der Waals surface area contributed by atoms with E-state index in [-0.39, 0.29) is 5.91 Å². The van der Waals surface area contributed by atoms with Gasteiger partial charge < -0.3 is 16.0 Å². The van der Waals surface area contributed by atoms with Crippen molar-refractivity contribution < 1.29 is 4.79 Å². The molecule has 0 aliphatic carbocycles. The maximum atomic E-state index is 12.0. The predicted molar refractivity (Wildman–Crippen MR) is 93.9 cm³/mol. The summed E-state index contributed by atoms with van der Waals surface area (Å²) >= 11 is 6.90. The van der Waals surface area contributed by atoms with Gasteiger partial charge in [0.25, 0.3) is 0 Å². The van der Waals surface area contributed by atoms with Crippen LogP contribution in [0.4, 0.5) is 5.69 Å². The molecule has 1 fully saturated rings. The van der Waals surface area contributed by atoms with Crippen LogP contribution in [-0.4, -0.2) is 46.4 Å². The van der Waals surface area contributed by atoms with E-state index >= 15 is 0 Å². The predicted octanol–water partition coefficient (Wildman–Crippen LogP) is 2.09. The second-order valence-corrected chi connectivity index (χ2v) is 7.21. The van der Waals surface area contributed by atoms with Gasteiger partial charge in [0.05, 0.1) is 0 Å². The van der Waals surface area contributed by atoms with E-state index in [0.717, 1.165) is 36.6 Å². The van der Waals surface area contributed by atoms with Crippen molar-refractivity contribution in [3.05, 3.63) is 29.8 Å². The molecular formula is C15H21N3OS2. The Kier molecular flexibility index (Phi) is 6.02. The van der Waals surface area contributed by atoms with Crippen molar-refractivity contribution in [2.75, 3.05) is 30.7 Å². The van der Waals surface area contributed by atoms with Gasteiger partial charge in [0.2, 0.25) is 5.91 Å². The van der Waals surface area contributed by atoms with E-state index in [0.29, 0.717) is 16.7 Å². The molecule has 1 heterocycles. The van der Waals surface area contributed by atoms with E-state index in [1.807, 2.05) is 36.0 Å². The van der Waals surface area contributed by atoms with Crippen LogP contribution in [0.25, 0.3) is 0 Å². The van der Waals surface area contributed by atoms with E-state index in [9.17, 15) is 4.79 Å². The van der Waals surface area contributed by atoms with Crippen molar-refractivity contribution >= 4 is 40.6 Å². The van der Waals surface area contributed by atoms with Crippen molar-refractivity contribution in [1.82, 2.24) is 4.90 Å². The Balaban J connectivity index is 1.77. The zero-order valence-electron chi connectivity index (χ0n) is 12.2. The molecule has 1 aliphatic rings. The van der Waals surface area contributed by atoms with E-state index in [1.165, 1.54) is 0 Å². The highest BCUT2D eigenvalue weighted by Crippen LogP contribution is 2.17. The molecule has 0 saturated carbocycles. The van der Waals surface area contributed by atoms with Crippen LogP contribution in [-0.2, 0) is 4.79 Å². The van der Waals surface area contributed by atoms with Crippen LogP contribution in [0.1, 0.15) is 18.9 Å². The zero-order chi connectivity index (χ0) is 15.2. The monoisotopic (exact) mass is 323 g/mol. The third-order valence-corrected chi connectivity index (χ3v) is 4.81. The van der Waals surface area contributed by atoms with Gasteiger partial charge in [-0.15, -0.1) is 0 Å². The SMILES string of the molecule is CC1CN(CCC(=O)Nc2ccc(C(N)=S)cc2)CCS1. The first-order valence-corrected chi connectivity index (χ1v) is 8.54. The van der Waals surface area contributed by atoms with Gasteiger partial charge in [-0.2, -0.15) is 11.8 Å². The number of amides is 1. The smallest absolute Gasteiger partial charge is 0.225 e. The molecule has 0 aromatic heterocycles. The van der Waals surface area contributed by atoms with Crippen LogP contribution in [0, 0.1) is 0 Å². The molecule has 4 nitrogen and oxygen atoms in total. The number of rotatable bonds is 5. The van der Waals surface area contributed by atoms with Gasteiger partial charge in [-0.05, 0) is 24.3 Å². The molecule has 0 radical (unpaired) electrons. The molecule has 0 bridgehead atoms. The molecule has 21 heavy (non-hydrogen) atoms. The van der Waals surface area contributed by atoms with Crippen LogP contribution < -0.4 is 11.1 Å². The number of carbonyl (C=O) groups excluding carboxylic acids is 1. The van der Waals surface area contributed by atoms with E-state index in [4.69, 9.17) is 18.0 Å². The zero-order valence-corrected chi connectivity index (χ0v) is 13.8. The summed E-state index contributed by atoms with van der Waals surface area (Å²) in [5, 5.41) is 3.57. The first kappa shape index (κ1) is 16.3. The molecule has 0 spiro atoms. The molecule has 3 N–H and O–H groups in total. The van der Waals surface area contributed by atoms with Gasteiger partial charge >= 0.3 is 0 Å². The van der Waals surface area contributed by atoms with Gasteiger partial charge in [0, 0.05) is 48.3 Å². The molecule has 1 atom stereocenters. The lowest BCUT2D eigenvalue weighted by molar-refractivity contribution is -0.116. The average molecular weight is 323 g/mol. The molecule has 2 rings (SSSR count). The number of nitrogens with zero attached hydrogens (tertiary/aromatic N) is 1. The first-order valence-electron chi connectivity index (χ1n) is 7.08. The highest BCUT2D eigenvalue weighted by Gasteiger charge is 2.17. The van der Waals surface area contributed by atoms with Crippen LogP contribution >= 0.6 is 24.0 Å². The summed E-state index contributed by atoms with van der Waals surface area (Å²) in [5.74, 6) is 1.20. The average Bonchev–Trinajstić information content (AvgIpc) is 2.46. The fourth-order valence-electron chi connectivity index (χ4n) is 2.29. The fourth-order valence-corrected chi connectivity index (χ4v) is 3.51. The van der Waals surface area contributed by atoms with Gasteiger partial charge in [0.1, 0.15) is 4.99 Å². The highest BCUT2D eigenvalue weighted by atomic mass is 32.2. The number of nitrogens with two attached hydrogens (primary N) is 1. The van der Waals surface area contributed by atoms with Gasteiger partial charge in [0.15, 0.2) is 0 Å². The van der Waals surface area contributed by atoms with Crippen molar-refractivity contribution in [2.24, 2.45) is 5.73 Å². The molecule has 6 heteroatoms. The summed E-state index contributed by atoms with van der Waals surface area (Å²) in [6.07, 6.45) is 0.522.